The molecule has 0 aromatic heterocycles. The number of hydrogen-bond acceptors (Lipinski definition) is 1. The molecule has 0 saturated heterocycles. The first-order valence-corrected chi connectivity index (χ1v) is 1.72. The topological polar surface area (TPSA) is 40.3 Å². The van der Waals surface area contributed by atoms with Crippen LogP contribution in [0.25, 0.3) is 0 Å². The summed E-state index contributed by atoms with van der Waals surface area (Å²) in [6, 6.07) is 0. The van der Waals surface area contributed by atoms with E-state index >= 15 is 0 Å². The number of nitrogens with zero attached hydrogens (tertiary/aromatic N) is 1. The number of hydrogen-bond donors (Lipinski definition) is 1. The van der Waals surface area contributed by atoms with Crippen LogP contribution in [0.5, 0.6) is 0 Å². The van der Waals surface area contributed by atoms with Crippen LogP contribution in [0.15, 0.2) is 0 Å². The Kier molecular flexibility index (Phi) is 51.3. The van der Waals surface area contributed by atoms with Gasteiger partial charge in [0.25, 0.3) is 0 Å². The third-order valence-corrected chi connectivity index (χ3v) is 0. The van der Waals surface area contributed by atoms with Crippen molar-refractivity contribution in [3.05, 3.63) is 4.91 Å². The maximum Gasteiger partial charge on any atom is 0 e. The fraction of sp³-hybridized carbons (Fsp3) is 0. The Bertz CT molecular complexity index is 40.7. The molecule has 0 atom stereocenters. The molecule has 0 aromatic carbocycles. The predicted molar refractivity (Wildman–Crippen MR) is 32.4 cm³/mol. The average Bonchev–Trinajstić information content (AvgIpc) is 0.811. The summed E-state index contributed by atoms with van der Waals surface area (Å²) in [7, 11) is 0. The van der Waals surface area contributed by atoms with E-state index in [4.69, 9.17) is 10.1 Å². The molecule has 0 unspecified atom stereocenters. The molecule has 7 heteroatoms. The van der Waals surface area contributed by atoms with Gasteiger partial charge in [-0.25, -0.2) is 0 Å². The van der Waals surface area contributed by atoms with Gasteiger partial charge in [-0.15, -0.1) is 0 Å². The summed E-state index contributed by atoms with van der Waals surface area (Å²) in [4.78, 5) is 8.94. The van der Waals surface area contributed by atoms with Gasteiger partial charge >= 0.3 is 80.1 Å². The third kappa shape index (κ3) is 63.2. The molecule has 0 heterocycles. The van der Waals surface area contributed by atoms with Crippen LogP contribution in [-0.2, 0) is 19.5 Å². The molecule has 0 aromatic rings. The molecule has 0 amide bonds. The summed E-state index contributed by atoms with van der Waals surface area (Å²) in [5, 5.41) is 7.36. The van der Waals surface area contributed by atoms with Crippen molar-refractivity contribution >= 4 is 66.8 Å². The minimum absolute atomic E-state index is 0. The second-order valence-corrected chi connectivity index (χ2v) is 1.23. The smallest absolute Gasteiger partial charge is 0 e. The molecular formula is H8GaNO2SbTeZn+2. The predicted octanol–water partition coefficient (Wildman–Crippen LogP) is -3.40. The maximum atomic E-state index is 8.94. The Morgan fingerprint density at radius 2 is 1.57 bits per heavy atom. The molecule has 0 fully saturated rings. The van der Waals surface area contributed by atoms with E-state index in [9.17, 15) is 0 Å². The van der Waals surface area contributed by atoms with Crippen molar-refractivity contribution in [2.75, 3.05) is 0 Å². The van der Waals surface area contributed by atoms with Crippen molar-refractivity contribution in [1.29, 1.82) is 0 Å². The molecule has 1 N–H and O–H groups in total. The zero-order valence-electron chi connectivity index (χ0n) is 3.16. The van der Waals surface area contributed by atoms with Gasteiger partial charge in [-0.3, -0.25) is 0 Å². The Morgan fingerprint density at radius 3 is 1.57 bits per heavy atom. The molecule has 0 saturated carbocycles. The summed E-state index contributed by atoms with van der Waals surface area (Å²) >= 11 is 0.706. The molecule has 0 aliphatic heterocycles. The Balaban J connectivity index is -0.0000000150. The van der Waals surface area contributed by atoms with Gasteiger partial charge in [0.05, 0.1) is 0 Å². The van der Waals surface area contributed by atoms with E-state index in [0.29, 0.717) is 22.6 Å². The molecule has 0 aliphatic carbocycles. The van der Waals surface area contributed by atoms with Crippen LogP contribution in [-0.4, -0.2) is 75.2 Å². The summed E-state index contributed by atoms with van der Waals surface area (Å²) in [6.45, 7) is 0. The van der Waals surface area contributed by atoms with Gasteiger partial charge in [-0.05, 0) is 0 Å². The molecular weight excluding hydrogens is 430 g/mol. The van der Waals surface area contributed by atoms with Crippen LogP contribution >= 0.6 is 0 Å². The van der Waals surface area contributed by atoms with E-state index in [2.05, 4.69) is 0 Å². The van der Waals surface area contributed by atoms with Gasteiger partial charge in [0, 0.05) is 19.5 Å². The molecule has 0 aliphatic rings. The summed E-state index contributed by atoms with van der Waals surface area (Å²) < 4.78 is -0.200. The summed E-state index contributed by atoms with van der Waals surface area (Å²) in [5.41, 5.74) is 0. The molecule has 0 spiro atoms. The third-order valence-electron chi connectivity index (χ3n) is 0. The van der Waals surface area contributed by atoms with Crippen molar-refractivity contribution in [3.63, 3.8) is 0 Å². The molecule has 39 valence electrons. The van der Waals surface area contributed by atoms with Gasteiger partial charge in [0.2, 0.25) is 0 Å². The van der Waals surface area contributed by atoms with Crippen LogP contribution in [0.3, 0.4) is 0 Å². The van der Waals surface area contributed by atoms with E-state index in [1.165, 1.54) is 0 Å². The minimum atomic E-state index is -0.200. The van der Waals surface area contributed by atoms with Crippen molar-refractivity contribution in [2.24, 2.45) is 0 Å². The zero-order chi connectivity index (χ0) is 3.58. The van der Waals surface area contributed by atoms with Crippen molar-refractivity contribution in [1.82, 2.24) is 0 Å². The summed E-state index contributed by atoms with van der Waals surface area (Å²) in [6.07, 6.45) is 0. The van der Waals surface area contributed by atoms with Crippen molar-refractivity contribution in [3.8, 4) is 0 Å². The Morgan fingerprint density at radius 1 is 1.57 bits per heavy atom. The number of rotatable bonds is 0. The second kappa shape index (κ2) is 15.7. The first kappa shape index (κ1) is 22.8. The van der Waals surface area contributed by atoms with Gasteiger partial charge in [-0.1, -0.05) is 0 Å². The quantitative estimate of drug-likeness (QED) is 0.317. The van der Waals surface area contributed by atoms with Gasteiger partial charge in [0.1, 0.15) is 0 Å². The van der Waals surface area contributed by atoms with Crippen LogP contribution in [0, 0.1) is 4.91 Å². The largest absolute Gasteiger partial charge is 0 e. The first-order chi connectivity index (χ1) is 1.73. The molecule has 3 nitrogen and oxygen atoms in total. The Hall–Kier alpha value is 2.27. The van der Waals surface area contributed by atoms with Gasteiger partial charge in [-0.2, -0.15) is 0 Å². The van der Waals surface area contributed by atoms with Crippen LogP contribution < -0.4 is 0 Å². The fourth-order valence-corrected chi connectivity index (χ4v) is 0. The van der Waals surface area contributed by atoms with Gasteiger partial charge < -0.3 is 0 Å². The SMILES string of the molecule is O=[N+](O)[TeH+].[GaH3].[SbH3].[Zn]. The standard InChI is InChI=1S/Ga.H2NO2Te.Sb.Zn.6H/c;2-1(3)4;;;;;;;;/h;4H,(H,2,3);;;;;;;;/q;+2;;;;;;;;. The van der Waals surface area contributed by atoms with Crippen LogP contribution in [0.2, 0.25) is 0 Å². The second-order valence-electron chi connectivity index (χ2n) is 0.253. The monoisotopic (exact) mass is 438 g/mol. The zero-order valence-corrected chi connectivity index (χ0v) is 12.7. The van der Waals surface area contributed by atoms with Crippen LogP contribution in [0.4, 0.5) is 0 Å². The normalized spacial score (nSPS) is 3.57. The van der Waals surface area contributed by atoms with Crippen molar-refractivity contribution < 1.29 is 27.9 Å². The molecule has 0 rings (SSSR count). The fourth-order valence-electron chi connectivity index (χ4n) is 0. The summed E-state index contributed by atoms with van der Waals surface area (Å²) in [5.74, 6) is 0. The van der Waals surface area contributed by atoms with E-state index in [-0.39, 0.29) is 66.9 Å². The molecule has 0 bridgehead atoms. The van der Waals surface area contributed by atoms with Crippen molar-refractivity contribution in [2.45, 2.75) is 0 Å². The Labute approximate surface area is 98.0 Å². The minimum Gasteiger partial charge on any atom is 0 e. The first-order valence-electron chi connectivity index (χ1n) is 0.583. The molecule has 7 heavy (non-hydrogen) atoms. The van der Waals surface area contributed by atoms with E-state index < -0.39 is 0 Å². The van der Waals surface area contributed by atoms with Gasteiger partial charge in [0.15, 0.2) is 0 Å². The maximum absolute atomic E-state index is 8.94. The van der Waals surface area contributed by atoms with E-state index in [0.717, 1.165) is 0 Å². The average molecular weight is 439 g/mol. The van der Waals surface area contributed by atoms with E-state index in [1.807, 2.05) is 0 Å². The van der Waals surface area contributed by atoms with Crippen LogP contribution in [0.1, 0.15) is 0 Å². The molecule has 1 radical (unpaired) electrons. The van der Waals surface area contributed by atoms with E-state index in [1.54, 1.807) is 0 Å².